The Morgan fingerprint density at radius 1 is 1.33 bits per heavy atom. The molecule has 88 valence electrons. The highest BCUT2D eigenvalue weighted by Crippen LogP contribution is 2.29. The van der Waals surface area contributed by atoms with E-state index in [0.717, 1.165) is 25.6 Å². The van der Waals surface area contributed by atoms with Crippen LogP contribution in [0.2, 0.25) is 0 Å². The van der Waals surface area contributed by atoms with Gasteiger partial charge < -0.3 is 5.32 Å². The largest absolute Gasteiger partial charge is 0.312 e. The lowest BCUT2D eigenvalue weighted by Crippen LogP contribution is -2.37. The number of nitrogens with two attached hydrogens (primary N) is 1. The lowest BCUT2D eigenvalue weighted by atomic mass is 10.3. The molecule has 15 heavy (non-hydrogen) atoms. The van der Waals surface area contributed by atoms with Crippen molar-refractivity contribution < 1.29 is 8.42 Å². The minimum Gasteiger partial charge on any atom is -0.312 e. The number of hydrogen-bond donors (Lipinski definition) is 2. The van der Waals surface area contributed by atoms with Crippen LogP contribution >= 0.6 is 0 Å². The van der Waals surface area contributed by atoms with E-state index >= 15 is 0 Å². The highest BCUT2D eigenvalue weighted by atomic mass is 32.2. The van der Waals surface area contributed by atoms with E-state index in [9.17, 15) is 8.42 Å². The first-order valence-electron chi connectivity index (χ1n) is 5.52. The molecule has 0 bridgehead atoms. The zero-order valence-corrected chi connectivity index (χ0v) is 9.67. The van der Waals surface area contributed by atoms with Gasteiger partial charge in [-0.15, -0.1) is 0 Å². The maximum Gasteiger partial charge on any atom is 0.210 e. The van der Waals surface area contributed by atoms with E-state index in [4.69, 9.17) is 5.14 Å². The van der Waals surface area contributed by atoms with Gasteiger partial charge in [0.05, 0.1) is 5.75 Å². The van der Waals surface area contributed by atoms with Crippen LogP contribution in [0.4, 0.5) is 0 Å². The molecule has 2 rings (SSSR count). The summed E-state index contributed by atoms with van der Waals surface area (Å²) in [5.74, 6) is 0.0347. The molecule has 0 aromatic carbocycles. The summed E-state index contributed by atoms with van der Waals surface area (Å²) >= 11 is 0. The fourth-order valence-electron chi connectivity index (χ4n) is 2.13. The first-order chi connectivity index (χ1) is 7.04. The van der Waals surface area contributed by atoms with E-state index in [0.29, 0.717) is 12.6 Å². The molecule has 0 radical (unpaired) electrons. The number of rotatable bonds is 5. The summed E-state index contributed by atoms with van der Waals surface area (Å²) in [6.07, 6.45) is 3.80. The number of hydrogen-bond acceptors (Lipinski definition) is 4. The summed E-state index contributed by atoms with van der Waals surface area (Å²) in [6.45, 7) is 2.69. The number of sulfonamides is 1. The fraction of sp³-hybridized carbons (Fsp3) is 1.00. The van der Waals surface area contributed by atoms with E-state index in [-0.39, 0.29) is 5.75 Å². The maximum atomic E-state index is 10.7. The third kappa shape index (κ3) is 3.71. The van der Waals surface area contributed by atoms with Crippen molar-refractivity contribution in [1.82, 2.24) is 10.2 Å². The van der Waals surface area contributed by atoms with Crippen LogP contribution in [0.3, 0.4) is 0 Å². The molecule has 0 aromatic rings. The highest BCUT2D eigenvalue weighted by Gasteiger charge is 2.33. The van der Waals surface area contributed by atoms with Crippen LogP contribution in [-0.2, 0) is 10.0 Å². The van der Waals surface area contributed by atoms with Crippen LogP contribution < -0.4 is 10.5 Å². The number of nitrogens with one attached hydrogen (secondary N) is 1. The molecule has 1 heterocycles. The Bertz CT molecular complexity index is 313. The Kier molecular flexibility index (Phi) is 3.30. The Morgan fingerprint density at radius 3 is 2.67 bits per heavy atom. The molecule has 1 unspecified atom stereocenters. The zero-order chi connectivity index (χ0) is 10.9. The lowest BCUT2D eigenvalue weighted by Gasteiger charge is -2.15. The van der Waals surface area contributed by atoms with Gasteiger partial charge in [-0.1, -0.05) is 0 Å². The summed E-state index contributed by atoms with van der Waals surface area (Å²) in [6, 6.07) is 1.27. The molecule has 1 aliphatic carbocycles. The second-order valence-electron chi connectivity index (χ2n) is 4.53. The number of nitrogens with zero attached hydrogens (tertiary/aromatic N) is 1. The zero-order valence-electron chi connectivity index (χ0n) is 8.85. The van der Waals surface area contributed by atoms with E-state index < -0.39 is 10.0 Å². The smallest absolute Gasteiger partial charge is 0.210 e. The monoisotopic (exact) mass is 233 g/mol. The molecule has 2 aliphatic rings. The van der Waals surface area contributed by atoms with Crippen LogP contribution in [0.1, 0.15) is 19.3 Å². The van der Waals surface area contributed by atoms with E-state index in [1.54, 1.807) is 0 Å². The average molecular weight is 233 g/mol. The predicted molar refractivity (Wildman–Crippen MR) is 59.0 cm³/mol. The van der Waals surface area contributed by atoms with E-state index in [2.05, 4.69) is 10.2 Å². The summed E-state index contributed by atoms with van der Waals surface area (Å²) < 4.78 is 21.4. The van der Waals surface area contributed by atoms with Crippen molar-refractivity contribution in [2.75, 3.05) is 25.4 Å². The standard InChI is InChI=1S/C9H19N3O2S/c10-15(13,14)6-4-11-8-3-5-12(7-8)9-1-2-9/h8-9,11H,1-7H2,(H2,10,13,14). The van der Waals surface area contributed by atoms with Gasteiger partial charge in [0, 0.05) is 31.7 Å². The first-order valence-corrected chi connectivity index (χ1v) is 7.24. The summed E-state index contributed by atoms with van der Waals surface area (Å²) in [7, 11) is -3.31. The van der Waals surface area contributed by atoms with Crippen molar-refractivity contribution in [2.45, 2.75) is 31.3 Å². The molecular formula is C9H19N3O2S. The Balaban J connectivity index is 1.64. The molecular weight excluding hydrogens is 214 g/mol. The normalized spacial score (nSPS) is 28.5. The van der Waals surface area contributed by atoms with E-state index in [1.165, 1.54) is 12.8 Å². The average Bonchev–Trinajstić information content (AvgIpc) is 2.86. The van der Waals surface area contributed by atoms with Crippen molar-refractivity contribution in [3.63, 3.8) is 0 Å². The maximum absolute atomic E-state index is 10.7. The second-order valence-corrected chi connectivity index (χ2v) is 6.27. The summed E-state index contributed by atoms with van der Waals surface area (Å²) in [5, 5.41) is 8.18. The van der Waals surface area contributed by atoms with Crippen LogP contribution in [0.25, 0.3) is 0 Å². The third-order valence-electron chi connectivity index (χ3n) is 3.10. The SMILES string of the molecule is NS(=O)(=O)CCNC1CCN(C2CC2)C1. The predicted octanol–water partition coefficient (Wildman–Crippen LogP) is -0.899. The van der Waals surface area contributed by atoms with Crippen LogP contribution in [0.15, 0.2) is 0 Å². The number of primary sulfonamides is 1. The third-order valence-corrected chi connectivity index (χ3v) is 3.88. The molecule has 2 fully saturated rings. The van der Waals surface area contributed by atoms with Crippen molar-refractivity contribution >= 4 is 10.0 Å². The van der Waals surface area contributed by atoms with Crippen LogP contribution in [0, 0.1) is 0 Å². The van der Waals surface area contributed by atoms with Crippen molar-refractivity contribution in [3.8, 4) is 0 Å². The van der Waals surface area contributed by atoms with Crippen molar-refractivity contribution in [2.24, 2.45) is 5.14 Å². The van der Waals surface area contributed by atoms with Gasteiger partial charge in [0.1, 0.15) is 0 Å². The van der Waals surface area contributed by atoms with Crippen molar-refractivity contribution in [3.05, 3.63) is 0 Å². The Morgan fingerprint density at radius 2 is 2.07 bits per heavy atom. The molecule has 0 aromatic heterocycles. The quantitative estimate of drug-likeness (QED) is 0.645. The molecule has 0 spiro atoms. The molecule has 1 aliphatic heterocycles. The lowest BCUT2D eigenvalue weighted by molar-refractivity contribution is 0.318. The molecule has 5 nitrogen and oxygen atoms in total. The molecule has 6 heteroatoms. The molecule has 1 saturated heterocycles. The van der Waals surface area contributed by atoms with Gasteiger partial charge in [-0.25, -0.2) is 13.6 Å². The second kappa shape index (κ2) is 4.37. The highest BCUT2D eigenvalue weighted by molar-refractivity contribution is 7.89. The van der Waals surface area contributed by atoms with Gasteiger partial charge in [0.2, 0.25) is 10.0 Å². The molecule has 0 amide bonds. The van der Waals surface area contributed by atoms with Gasteiger partial charge >= 0.3 is 0 Å². The van der Waals surface area contributed by atoms with E-state index in [1.807, 2.05) is 0 Å². The van der Waals surface area contributed by atoms with Crippen molar-refractivity contribution in [1.29, 1.82) is 0 Å². The van der Waals surface area contributed by atoms with Gasteiger partial charge in [-0.3, -0.25) is 4.90 Å². The van der Waals surface area contributed by atoms with Crippen LogP contribution in [-0.4, -0.2) is 50.8 Å². The molecule has 3 N–H and O–H groups in total. The Labute approximate surface area is 91.1 Å². The molecule has 1 saturated carbocycles. The fourth-order valence-corrected chi connectivity index (χ4v) is 2.53. The summed E-state index contributed by atoms with van der Waals surface area (Å²) in [4.78, 5) is 2.49. The molecule has 1 atom stereocenters. The van der Waals surface area contributed by atoms with Gasteiger partial charge in [-0.2, -0.15) is 0 Å². The Hall–Kier alpha value is -0.170. The minimum absolute atomic E-state index is 0.0347. The minimum atomic E-state index is -3.31. The van der Waals surface area contributed by atoms with Gasteiger partial charge in [0.15, 0.2) is 0 Å². The van der Waals surface area contributed by atoms with Crippen LogP contribution in [0.5, 0.6) is 0 Å². The summed E-state index contributed by atoms with van der Waals surface area (Å²) in [5.41, 5.74) is 0. The van der Waals surface area contributed by atoms with Gasteiger partial charge in [0.25, 0.3) is 0 Å². The first kappa shape index (κ1) is 11.3. The topological polar surface area (TPSA) is 75.4 Å². The van der Waals surface area contributed by atoms with Gasteiger partial charge in [-0.05, 0) is 19.3 Å². The number of likely N-dealkylation sites (tertiary alicyclic amines) is 1.